The number of amides is 4. The predicted octanol–water partition coefficient (Wildman–Crippen LogP) is 1.45. The zero-order valence-corrected chi connectivity index (χ0v) is 29.1. The van der Waals surface area contributed by atoms with Gasteiger partial charge in [-0.1, -0.05) is 18.2 Å². The molecule has 0 spiro atoms. The van der Waals surface area contributed by atoms with Crippen molar-refractivity contribution in [1.29, 1.82) is 0 Å². The number of carbonyl (C=O) groups excluding carboxylic acids is 5. The lowest BCUT2D eigenvalue weighted by Gasteiger charge is -2.39. The number of aliphatic carboxylic acids is 1. The van der Waals surface area contributed by atoms with Crippen molar-refractivity contribution in [3.63, 3.8) is 0 Å². The van der Waals surface area contributed by atoms with E-state index in [1.165, 1.54) is 20.7 Å². The molecule has 1 aromatic heterocycles. The number of hydroxylamine groups is 2. The molecular weight excluding hydrogens is 666 g/mol. The number of benzene rings is 1. The molecule has 4 amide bonds. The normalized spacial score (nSPS) is 19.6. The van der Waals surface area contributed by atoms with E-state index in [2.05, 4.69) is 10.4 Å². The van der Waals surface area contributed by atoms with Crippen LogP contribution in [0.25, 0.3) is 5.69 Å². The van der Waals surface area contributed by atoms with E-state index >= 15 is 0 Å². The maximum Gasteiger partial charge on any atom is 0.527 e. The molecule has 51 heavy (non-hydrogen) atoms. The minimum absolute atomic E-state index is 0.0787. The van der Waals surface area contributed by atoms with Crippen LogP contribution in [0.3, 0.4) is 0 Å². The predicted molar refractivity (Wildman–Crippen MR) is 179 cm³/mol. The summed E-state index contributed by atoms with van der Waals surface area (Å²) < 4.78 is 12.1. The molecule has 1 saturated carbocycles. The number of ether oxygens (including phenoxy) is 2. The number of likely N-dealkylation sites (N-methyl/N-ethyl adjacent to an activating group) is 1. The largest absolute Gasteiger partial charge is 0.527 e. The van der Waals surface area contributed by atoms with Gasteiger partial charge in [-0.05, 0) is 58.1 Å². The Bertz CT molecular complexity index is 1600. The molecule has 0 radical (unpaired) electrons. The van der Waals surface area contributed by atoms with Gasteiger partial charge >= 0.3 is 12.1 Å². The number of hydrogen-bond donors (Lipinski definition) is 2. The van der Waals surface area contributed by atoms with Crippen LogP contribution in [0.2, 0.25) is 0 Å². The average Bonchev–Trinajstić information content (AvgIpc) is 3.68. The molecule has 17 nitrogen and oxygen atoms in total. The molecule has 3 heterocycles. The van der Waals surface area contributed by atoms with Crippen molar-refractivity contribution in [3.05, 3.63) is 42.1 Å². The Morgan fingerprint density at radius 1 is 1.06 bits per heavy atom. The van der Waals surface area contributed by atoms with E-state index in [1.807, 2.05) is 0 Å². The van der Waals surface area contributed by atoms with Crippen molar-refractivity contribution in [1.82, 2.24) is 34.9 Å². The van der Waals surface area contributed by atoms with Gasteiger partial charge < -0.3 is 39.4 Å². The van der Waals surface area contributed by atoms with E-state index in [9.17, 15) is 33.9 Å². The Hall–Kier alpha value is -5.19. The van der Waals surface area contributed by atoms with Gasteiger partial charge in [0.2, 0.25) is 17.7 Å². The number of rotatable bonds is 14. The number of nitrogens with zero attached hydrogens (tertiary/aromatic N) is 6. The first-order valence-corrected chi connectivity index (χ1v) is 17.2. The standard InChI is InChI=1S/C34H45N7O10/c1-4-49-34(48)51-40-18-17-38(20-22(40)2)32(46)25(14-15-30(43)44)35-31(45)26-19-29(41(36-26)24-9-6-5-7-10-24)50-21-28(42)39-16-8-11-27(39)33(47)37(3)23-12-13-23/h5-7,9-10,19,22-23,25,27H,4,8,11-18,20-21H2,1-3H3,(H,35,45)(H,43,44)/t22-,25-,27-/m0/s1. The molecule has 3 fully saturated rings. The number of carboxylic acids is 1. The molecule has 17 heteroatoms. The highest BCUT2D eigenvalue weighted by Crippen LogP contribution is 2.29. The Kier molecular flexibility index (Phi) is 12.1. The first kappa shape index (κ1) is 37.1. The van der Waals surface area contributed by atoms with Gasteiger partial charge in [-0.25, -0.2) is 9.48 Å². The molecule has 3 aliphatic rings. The van der Waals surface area contributed by atoms with Gasteiger partial charge in [0.25, 0.3) is 11.8 Å². The summed E-state index contributed by atoms with van der Waals surface area (Å²) in [6.45, 7) is 4.05. The number of likely N-dealkylation sites (tertiary alicyclic amines) is 1. The lowest BCUT2D eigenvalue weighted by atomic mass is 10.1. The first-order valence-electron chi connectivity index (χ1n) is 17.2. The smallest absolute Gasteiger partial charge is 0.481 e. The van der Waals surface area contributed by atoms with E-state index < -0.39 is 48.7 Å². The summed E-state index contributed by atoms with van der Waals surface area (Å²) in [5.74, 6) is -2.77. The van der Waals surface area contributed by atoms with Gasteiger partial charge in [0, 0.05) is 45.2 Å². The van der Waals surface area contributed by atoms with Crippen LogP contribution >= 0.6 is 0 Å². The fourth-order valence-electron chi connectivity index (χ4n) is 6.24. The fourth-order valence-corrected chi connectivity index (χ4v) is 6.24. The number of aromatic nitrogens is 2. The van der Waals surface area contributed by atoms with Crippen LogP contribution in [0.1, 0.15) is 62.9 Å². The quantitative estimate of drug-likeness (QED) is 0.269. The monoisotopic (exact) mass is 711 g/mol. The highest BCUT2D eigenvalue weighted by atomic mass is 16.8. The van der Waals surface area contributed by atoms with Crippen molar-refractivity contribution in [2.24, 2.45) is 0 Å². The number of nitrogens with one attached hydrogen (secondary N) is 1. The molecule has 2 saturated heterocycles. The van der Waals surface area contributed by atoms with Crippen LogP contribution in [-0.4, -0.2) is 141 Å². The fraction of sp³-hybridized carbons (Fsp3) is 0.559. The molecule has 3 atom stereocenters. The molecular formula is C34H45N7O10. The number of carbonyl (C=O) groups is 6. The summed E-state index contributed by atoms with van der Waals surface area (Å²) in [7, 11) is 1.77. The van der Waals surface area contributed by atoms with Crippen molar-refractivity contribution >= 4 is 35.8 Å². The van der Waals surface area contributed by atoms with Gasteiger partial charge in [0.05, 0.1) is 24.9 Å². The Labute approximate surface area is 295 Å². The number of para-hydroxylation sites is 1. The molecule has 5 rings (SSSR count). The molecule has 2 aliphatic heterocycles. The van der Waals surface area contributed by atoms with Gasteiger partial charge in [-0.3, -0.25) is 24.0 Å². The Morgan fingerprint density at radius 3 is 2.47 bits per heavy atom. The molecule has 0 bridgehead atoms. The minimum atomic E-state index is -1.20. The average molecular weight is 712 g/mol. The molecule has 0 unspecified atom stereocenters. The molecule has 276 valence electrons. The summed E-state index contributed by atoms with van der Waals surface area (Å²) in [4.78, 5) is 86.9. The third-order valence-corrected chi connectivity index (χ3v) is 9.14. The van der Waals surface area contributed by atoms with Gasteiger partial charge in [-0.15, -0.1) is 5.06 Å². The van der Waals surface area contributed by atoms with E-state index in [4.69, 9.17) is 14.3 Å². The second-order valence-electron chi connectivity index (χ2n) is 12.8. The third-order valence-electron chi connectivity index (χ3n) is 9.14. The van der Waals surface area contributed by atoms with Crippen LogP contribution in [0.5, 0.6) is 5.88 Å². The topological polar surface area (TPSA) is 193 Å². The number of carboxylic acid groups (broad SMARTS) is 1. The number of hydrogen-bond acceptors (Lipinski definition) is 11. The van der Waals surface area contributed by atoms with Gasteiger partial charge in [0.1, 0.15) is 12.1 Å². The Morgan fingerprint density at radius 2 is 1.80 bits per heavy atom. The highest BCUT2D eigenvalue weighted by molar-refractivity contribution is 5.96. The lowest BCUT2D eigenvalue weighted by molar-refractivity contribution is -0.176. The summed E-state index contributed by atoms with van der Waals surface area (Å²) in [5, 5.41) is 17.8. The van der Waals surface area contributed by atoms with Crippen LogP contribution in [0.4, 0.5) is 4.79 Å². The molecule has 2 aromatic rings. The van der Waals surface area contributed by atoms with E-state index in [-0.39, 0.29) is 68.5 Å². The summed E-state index contributed by atoms with van der Waals surface area (Å²) >= 11 is 0. The van der Waals surface area contributed by atoms with Crippen molar-refractivity contribution in [3.8, 4) is 11.6 Å². The Balaban J connectivity index is 1.28. The van der Waals surface area contributed by atoms with E-state index in [0.717, 1.165) is 12.8 Å². The minimum Gasteiger partial charge on any atom is -0.481 e. The molecule has 2 N–H and O–H groups in total. The van der Waals surface area contributed by atoms with E-state index in [0.29, 0.717) is 25.1 Å². The molecule has 1 aromatic carbocycles. The maximum atomic E-state index is 13.7. The van der Waals surface area contributed by atoms with Crippen LogP contribution in [-0.2, 0) is 28.8 Å². The summed E-state index contributed by atoms with van der Waals surface area (Å²) in [6.07, 6.45) is 1.77. The summed E-state index contributed by atoms with van der Waals surface area (Å²) in [5.41, 5.74) is 0.408. The molecule has 1 aliphatic carbocycles. The van der Waals surface area contributed by atoms with E-state index in [1.54, 1.807) is 61.0 Å². The second-order valence-corrected chi connectivity index (χ2v) is 12.8. The van der Waals surface area contributed by atoms with Gasteiger partial charge in [0.15, 0.2) is 12.3 Å². The number of piperazine rings is 1. The zero-order valence-electron chi connectivity index (χ0n) is 29.1. The lowest BCUT2D eigenvalue weighted by Crippen LogP contribution is -2.58. The van der Waals surface area contributed by atoms with Crippen LogP contribution in [0, 0.1) is 0 Å². The van der Waals surface area contributed by atoms with Crippen molar-refractivity contribution in [2.75, 3.05) is 46.4 Å². The second kappa shape index (κ2) is 16.7. The highest BCUT2D eigenvalue weighted by Gasteiger charge is 2.40. The van der Waals surface area contributed by atoms with Gasteiger partial charge in [-0.2, -0.15) is 5.10 Å². The van der Waals surface area contributed by atoms with Crippen LogP contribution < -0.4 is 10.1 Å². The van der Waals surface area contributed by atoms with Crippen molar-refractivity contribution in [2.45, 2.75) is 76.5 Å². The van der Waals surface area contributed by atoms with Crippen LogP contribution in [0.15, 0.2) is 36.4 Å². The maximum absolute atomic E-state index is 13.7. The zero-order chi connectivity index (χ0) is 36.7. The summed E-state index contributed by atoms with van der Waals surface area (Å²) in [6, 6.07) is 8.21. The van der Waals surface area contributed by atoms with Crippen molar-refractivity contribution < 1.29 is 48.2 Å². The third kappa shape index (κ3) is 9.33. The first-order chi connectivity index (χ1) is 24.5. The SMILES string of the molecule is CCOC(=O)ON1CCN(C(=O)[C@H](CCC(=O)O)NC(=O)c2cc(OCC(=O)N3CCC[C@H]3C(=O)N(C)C3CC3)n(-c3ccccc3)n2)C[C@@H]1C.